The van der Waals surface area contributed by atoms with E-state index in [-0.39, 0.29) is 5.41 Å². The van der Waals surface area contributed by atoms with Crippen LogP contribution < -0.4 is 5.32 Å². The van der Waals surface area contributed by atoms with Crippen molar-refractivity contribution in [1.82, 2.24) is 5.32 Å². The van der Waals surface area contributed by atoms with Crippen LogP contribution in [0.25, 0.3) is 0 Å². The van der Waals surface area contributed by atoms with Crippen LogP contribution in [0.4, 0.5) is 4.79 Å². The first-order valence-corrected chi connectivity index (χ1v) is 6.02. The monoisotopic (exact) mass is 256 g/mol. The van der Waals surface area contributed by atoms with E-state index in [1.807, 2.05) is 20.8 Å². The van der Waals surface area contributed by atoms with Crippen LogP contribution in [0.1, 0.15) is 48.0 Å². The number of hydrogen-bond donors (Lipinski definition) is 2. The van der Waals surface area contributed by atoms with Gasteiger partial charge in [0.15, 0.2) is 6.10 Å². The van der Waals surface area contributed by atoms with Crippen LogP contribution >= 0.6 is 0 Å². The molecule has 0 aliphatic carbocycles. The fraction of sp³-hybridized carbons (Fsp3) is 0.846. The van der Waals surface area contributed by atoms with Gasteiger partial charge >= 0.3 is 6.09 Å². The second-order valence-electron chi connectivity index (χ2n) is 6.59. The van der Waals surface area contributed by atoms with Crippen molar-refractivity contribution in [3.63, 3.8) is 0 Å². The fourth-order valence-electron chi connectivity index (χ4n) is 1.45. The third-order valence-electron chi connectivity index (χ3n) is 2.05. The van der Waals surface area contributed by atoms with Gasteiger partial charge in [-0.05, 0) is 32.6 Å². The first-order chi connectivity index (χ1) is 7.94. The standard InChI is InChI=1S/C13H24N2O3/c1-12(2,3)7-9(10(16)8-14)15-11(17)18-13(4,5)6/h9-10,16H,7H2,1-6H3,(H,15,17)/t9-,10?/m0/s1. The quantitative estimate of drug-likeness (QED) is 0.758. The zero-order valence-electron chi connectivity index (χ0n) is 12.1. The van der Waals surface area contributed by atoms with Crippen LogP contribution in [0.5, 0.6) is 0 Å². The summed E-state index contributed by atoms with van der Waals surface area (Å²) in [6.07, 6.45) is -1.37. The smallest absolute Gasteiger partial charge is 0.407 e. The molecule has 18 heavy (non-hydrogen) atoms. The highest BCUT2D eigenvalue weighted by Crippen LogP contribution is 2.22. The van der Waals surface area contributed by atoms with Gasteiger partial charge in [-0.3, -0.25) is 0 Å². The minimum atomic E-state index is -1.24. The van der Waals surface area contributed by atoms with Crippen molar-refractivity contribution in [3.8, 4) is 6.07 Å². The Hall–Kier alpha value is -1.28. The minimum absolute atomic E-state index is 0.114. The highest BCUT2D eigenvalue weighted by molar-refractivity contribution is 5.68. The molecule has 104 valence electrons. The van der Waals surface area contributed by atoms with E-state index in [0.29, 0.717) is 6.42 Å². The molecule has 2 N–H and O–H groups in total. The summed E-state index contributed by atoms with van der Waals surface area (Å²) >= 11 is 0. The summed E-state index contributed by atoms with van der Waals surface area (Å²) in [5.41, 5.74) is -0.717. The Morgan fingerprint density at radius 2 is 1.83 bits per heavy atom. The number of alkyl carbamates (subject to hydrolysis) is 1. The Balaban J connectivity index is 4.62. The Morgan fingerprint density at radius 3 is 2.17 bits per heavy atom. The number of aliphatic hydroxyl groups excluding tert-OH is 1. The highest BCUT2D eigenvalue weighted by atomic mass is 16.6. The van der Waals surface area contributed by atoms with Gasteiger partial charge in [0.05, 0.1) is 12.1 Å². The van der Waals surface area contributed by atoms with Crippen molar-refractivity contribution in [3.05, 3.63) is 0 Å². The second kappa shape index (κ2) is 6.05. The summed E-state index contributed by atoms with van der Waals surface area (Å²) in [6, 6.07) is 1.11. The predicted molar refractivity (Wildman–Crippen MR) is 68.8 cm³/mol. The van der Waals surface area contributed by atoms with E-state index < -0.39 is 23.8 Å². The normalized spacial score (nSPS) is 15.4. The zero-order chi connectivity index (χ0) is 14.6. The Labute approximate surface area is 109 Å². The molecule has 1 amide bonds. The first kappa shape index (κ1) is 16.7. The van der Waals surface area contributed by atoms with Crippen LogP contribution in [0, 0.1) is 16.7 Å². The van der Waals surface area contributed by atoms with Crippen molar-refractivity contribution >= 4 is 6.09 Å². The Kier molecular flexibility index (Phi) is 5.62. The second-order valence-corrected chi connectivity index (χ2v) is 6.59. The third kappa shape index (κ3) is 7.91. The summed E-state index contributed by atoms with van der Waals surface area (Å²) in [4.78, 5) is 11.6. The molecular weight excluding hydrogens is 232 g/mol. The number of ether oxygens (including phenoxy) is 1. The Bertz CT molecular complexity index is 321. The molecule has 0 spiro atoms. The molecule has 0 fully saturated rings. The number of carbonyl (C=O) groups excluding carboxylic acids is 1. The Morgan fingerprint density at radius 1 is 1.33 bits per heavy atom. The molecule has 0 aromatic carbocycles. The number of nitriles is 1. The number of aliphatic hydroxyl groups is 1. The van der Waals surface area contributed by atoms with Crippen molar-refractivity contribution in [2.75, 3.05) is 0 Å². The molecule has 0 aromatic heterocycles. The zero-order valence-corrected chi connectivity index (χ0v) is 12.1. The molecule has 0 rings (SSSR count). The predicted octanol–water partition coefficient (Wildman–Crippen LogP) is 2.20. The van der Waals surface area contributed by atoms with Crippen LogP contribution in [-0.4, -0.2) is 28.9 Å². The van der Waals surface area contributed by atoms with Gasteiger partial charge in [-0.25, -0.2) is 4.79 Å². The molecule has 0 aliphatic heterocycles. The molecule has 5 nitrogen and oxygen atoms in total. The van der Waals surface area contributed by atoms with Crippen molar-refractivity contribution in [2.24, 2.45) is 5.41 Å². The van der Waals surface area contributed by atoms with E-state index in [2.05, 4.69) is 5.32 Å². The van der Waals surface area contributed by atoms with Gasteiger partial charge in [0.1, 0.15) is 5.60 Å². The van der Waals surface area contributed by atoms with Crippen LogP contribution in [0.15, 0.2) is 0 Å². The lowest BCUT2D eigenvalue weighted by Crippen LogP contribution is -2.46. The van der Waals surface area contributed by atoms with Gasteiger partial charge < -0.3 is 15.2 Å². The van der Waals surface area contributed by atoms with Crippen molar-refractivity contribution in [2.45, 2.75) is 65.7 Å². The highest BCUT2D eigenvalue weighted by Gasteiger charge is 2.28. The average Bonchev–Trinajstić information content (AvgIpc) is 2.10. The van der Waals surface area contributed by atoms with Gasteiger partial charge in [0.2, 0.25) is 0 Å². The van der Waals surface area contributed by atoms with Crippen LogP contribution in [-0.2, 0) is 4.74 Å². The molecule has 0 aliphatic rings. The lowest BCUT2D eigenvalue weighted by molar-refractivity contribution is 0.0432. The van der Waals surface area contributed by atoms with Crippen LogP contribution in [0.2, 0.25) is 0 Å². The lowest BCUT2D eigenvalue weighted by Gasteiger charge is -2.28. The summed E-state index contributed by atoms with van der Waals surface area (Å²) in [7, 11) is 0. The van der Waals surface area contributed by atoms with Gasteiger partial charge in [0, 0.05) is 0 Å². The molecule has 0 saturated carbocycles. The summed E-state index contributed by atoms with van der Waals surface area (Å²) < 4.78 is 5.11. The van der Waals surface area contributed by atoms with Crippen molar-refractivity contribution in [1.29, 1.82) is 5.26 Å². The third-order valence-corrected chi connectivity index (χ3v) is 2.05. The van der Waals surface area contributed by atoms with Crippen molar-refractivity contribution < 1.29 is 14.6 Å². The number of hydrogen-bond acceptors (Lipinski definition) is 4. The molecule has 2 atom stereocenters. The number of amides is 1. The number of nitrogens with zero attached hydrogens (tertiary/aromatic N) is 1. The molecule has 0 radical (unpaired) electrons. The lowest BCUT2D eigenvalue weighted by atomic mass is 9.86. The minimum Gasteiger partial charge on any atom is -0.444 e. The van der Waals surface area contributed by atoms with E-state index in [0.717, 1.165) is 0 Å². The van der Waals surface area contributed by atoms with Gasteiger partial charge in [-0.1, -0.05) is 20.8 Å². The van der Waals surface area contributed by atoms with E-state index >= 15 is 0 Å². The molecule has 5 heteroatoms. The largest absolute Gasteiger partial charge is 0.444 e. The molecular formula is C13H24N2O3. The fourth-order valence-corrected chi connectivity index (χ4v) is 1.45. The van der Waals surface area contributed by atoms with E-state index in [1.54, 1.807) is 26.8 Å². The maximum Gasteiger partial charge on any atom is 0.407 e. The topological polar surface area (TPSA) is 82.3 Å². The summed E-state index contributed by atoms with van der Waals surface area (Å²) in [6.45, 7) is 11.2. The number of rotatable bonds is 3. The summed E-state index contributed by atoms with van der Waals surface area (Å²) in [5, 5.41) is 20.9. The SMILES string of the molecule is CC(C)(C)C[C@H](NC(=O)OC(C)(C)C)C(O)C#N. The van der Waals surface area contributed by atoms with Gasteiger partial charge in [0.25, 0.3) is 0 Å². The van der Waals surface area contributed by atoms with Gasteiger partial charge in [-0.2, -0.15) is 5.26 Å². The first-order valence-electron chi connectivity index (χ1n) is 6.02. The van der Waals surface area contributed by atoms with Gasteiger partial charge in [-0.15, -0.1) is 0 Å². The average molecular weight is 256 g/mol. The molecule has 0 saturated heterocycles. The molecule has 1 unspecified atom stereocenters. The summed E-state index contributed by atoms with van der Waals surface area (Å²) in [5.74, 6) is 0. The van der Waals surface area contributed by atoms with Crippen LogP contribution in [0.3, 0.4) is 0 Å². The maximum atomic E-state index is 11.6. The van der Waals surface area contributed by atoms with E-state index in [9.17, 15) is 9.90 Å². The molecule has 0 bridgehead atoms. The number of nitrogens with one attached hydrogen (secondary N) is 1. The molecule has 0 aromatic rings. The number of carbonyl (C=O) groups is 1. The van der Waals surface area contributed by atoms with E-state index in [4.69, 9.17) is 10.00 Å². The molecule has 0 heterocycles. The van der Waals surface area contributed by atoms with E-state index in [1.165, 1.54) is 0 Å². The maximum absolute atomic E-state index is 11.6.